The van der Waals surface area contributed by atoms with Gasteiger partial charge in [-0.3, -0.25) is 0 Å². The fourth-order valence-electron chi connectivity index (χ4n) is 0.758. The molecule has 14 heavy (non-hydrogen) atoms. The largest absolute Gasteiger partial charge is 0.573 e. The molecule has 1 unspecified atom stereocenters. The molecule has 0 aliphatic carbocycles. The van der Waals surface area contributed by atoms with Gasteiger partial charge in [0.1, 0.15) is 5.75 Å². The van der Waals surface area contributed by atoms with Crippen molar-refractivity contribution in [2.24, 2.45) is 0 Å². The van der Waals surface area contributed by atoms with Crippen molar-refractivity contribution in [3.63, 3.8) is 0 Å². The minimum atomic E-state index is -4.75. The van der Waals surface area contributed by atoms with Crippen LogP contribution >= 0.6 is 0 Å². The zero-order valence-electron chi connectivity index (χ0n) is 6.62. The van der Waals surface area contributed by atoms with Crippen molar-refractivity contribution in [3.8, 4) is 5.75 Å². The Labute approximate surface area is 79.8 Å². The Morgan fingerprint density at radius 1 is 1.21 bits per heavy atom. The Bertz CT molecular complexity index is 333. The topological polar surface area (TPSA) is 46.5 Å². The van der Waals surface area contributed by atoms with Crippen LogP contribution in [-0.4, -0.2) is 15.1 Å². The van der Waals surface area contributed by atoms with Gasteiger partial charge >= 0.3 is 6.36 Å². The number of hydrogen-bond acceptors (Lipinski definition) is 2. The molecular formula is C7H5F3O3S. The lowest BCUT2D eigenvalue weighted by atomic mass is 10.3. The van der Waals surface area contributed by atoms with E-state index in [4.69, 9.17) is 4.55 Å². The molecule has 1 aromatic rings. The van der Waals surface area contributed by atoms with Gasteiger partial charge in [-0.25, -0.2) is 4.21 Å². The normalized spacial score (nSPS) is 13.7. The molecule has 1 aromatic carbocycles. The maximum atomic E-state index is 11.7. The molecule has 78 valence electrons. The fraction of sp³-hybridized carbons (Fsp3) is 0.143. The lowest BCUT2D eigenvalue weighted by molar-refractivity contribution is -0.274. The molecule has 3 nitrogen and oxygen atoms in total. The molecule has 0 aromatic heterocycles. The highest BCUT2D eigenvalue weighted by Gasteiger charge is 2.30. The molecule has 0 saturated heterocycles. The van der Waals surface area contributed by atoms with Gasteiger partial charge in [-0.05, 0) is 24.3 Å². The maximum absolute atomic E-state index is 11.7. The highest BCUT2D eigenvalue weighted by Crippen LogP contribution is 2.23. The smallest absolute Gasteiger partial charge is 0.406 e. The van der Waals surface area contributed by atoms with Crippen LogP contribution in [0.3, 0.4) is 0 Å². The molecule has 0 amide bonds. The Kier molecular flexibility index (Phi) is 3.12. The summed E-state index contributed by atoms with van der Waals surface area (Å²) in [5.41, 5.74) is 0. The van der Waals surface area contributed by atoms with E-state index in [0.717, 1.165) is 24.3 Å². The molecule has 0 heterocycles. The highest BCUT2D eigenvalue weighted by molar-refractivity contribution is 7.79. The fourth-order valence-corrected chi connectivity index (χ4v) is 1.13. The van der Waals surface area contributed by atoms with Crippen LogP contribution in [0.1, 0.15) is 0 Å². The maximum Gasteiger partial charge on any atom is 0.573 e. The molecule has 0 radical (unpaired) electrons. The van der Waals surface area contributed by atoms with Gasteiger partial charge in [-0.2, -0.15) is 0 Å². The standard InChI is InChI=1S/C7H5F3O3S/c8-7(9,10)13-5-1-3-6(4-2-5)14(11)12/h1-4H,(H,11,12). The van der Waals surface area contributed by atoms with Gasteiger partial charge < -0.3 is 9.29 Å². The summed E-state index contributed by atoms with van der Waals surface area (Å²) in [6, 6.07) is 4.10. The van der Waals surface area contributed by atoms with E-state index in [9.17, 15) is 17.4 Å². The van der Waals surface area contributed by atoms with Crippen molar-refractivity contribution >= 4 is 11.1 Å². The first kappa shape index (κ1) is 11.0. The van der Waals surface area contributed by atoms with Gasteiger partial charge in [-0.1, -0.05) is 0 Å². The lowest BCUT2D eigenvalue weighted by Gasteiger charge is -2.08. The van der Waals surface area contributed by atoms with Crippen LogP contribution in [-0.2, 0) is 11.1 Å². The molecule has 1 N–H and O–H groups in total. The summed E-state index contributed by atoms with van der Waals surface area (Å²) in [6.07, 6.45) is -4.75. The van der Waals surface area contributed by atoms with Crippen molar-refractivity contribution in [2.45, 2.75) is 11.3 Å². The number of ether oxygens (including phenoxy) is 1. The van der Waals surface area contributed by atoms with E-state index < -0.39 is 23.2 Å². The lowest BCUT2D eigenvalue weighted by Crippen LogP contribution is -2.17. The molecule has 1 atom stereocenters. The molecule has 0 bridgehead atoms. The van der Waals surface area contributed by atoms with Crippen LogP contribution in [0, 0.1) is 0 Å². The summed E-state index contributed by atoms with van der Waals surface area (Å²) in [6.45, 7) is 0. The average molecular weight is 226 g/mol. The first-order chi connectivity index (χ1) is 6.38. The monoisotopic (exact) mass is 226 g/mol. The second kappa shape index (κ2) is 3.97. The number of rotatable bonds is 2. The van der Waals surface area contributed by atoms with Crippen molar-refractivity contribution in [2.75, 3.05) is 0 Å². The van der Waals surface area contributed by atoms with Gasteiger partial charge in [0.05, 0.1) is 4.90 Å². The second-order valence-electron chi connectivity index (χ2n) is 2.27. The summed E-state index contributed by atoms with van der Waals surface area (Å²) in [4.78, 5) is 0.0134. The van der Waals surface area contributed by atoms with Crippen molar-refractivity contribution in [1.82, 2.24) is 0 Å². The first-order valence-corrected chi connectivity index (χ1v) is 4.46. The minimum Gasteiger partial charge on any atom is -0.406 e. The summed E-state index contributed by atoms with van der Waals surface area (Å²) >= 11 is -2.20. The predicted octanol–water partition coefficient (Wildman–Crippen LogP) is 2.17. The quantitative estimate of drug-likeness (QED) is 0.786. The minimum absolute atomic E-state index is 0.0134. The Hall–Kier alpha value is -1.08. The van der Waals surface area contributed by atoms with E-state index >= 15 is 0 Å². The Balaban J connectivity index is 2.79. The van der Waals surface area contributed by atoms with Crippen LogP contribution < -0.4 is 4.74 Å². The number of alkyl halides is 3. The molecule has 0 aliphatic rings. The highest BCUT2D eigenvalue weighted by atomic mass is 32.2. The van der Waals surface area contributed by atoms with E-state index in [1.54, 1.807) is 0 Å². The first-order valence-electron chi connectivity index (χ1n) is 3.35. The molecule has 7 heteroatoms. The Morgan fingerprint density at radius 3 is 2.07 bits per heavy atom. The van der Waals surface area contributed by atoms with Crippen molar-refractivity contribution in [1.29, 1.82) is 0 Å². The summed E-state index contributed by atoms with van der Waals surface area (Å²) < 4.78 is 57.6. The zero-order valence-corrected chi connectivity index (χ0v) is 7.43. The number of halogens is 3. The second-order valence-corrected chi connectivity index (χ2v) is 3.24. The molecule has 0 aliphatic heterocycles. The predicted molar refractivity (Wildman–Crippen MR) is 42.2 cm³/mol. The molecule has 0 fully saturated rings. The van der Waals surface area contributed by atoms with Crippen LogP contribution in [0.15, 0.2) is 29.2 Å². The third-order valence-corrected chi connectivity index (χ3v) is 1.93. The molecule has 0 saturated carbocycles. The van der Waals surface area contributed by atoms with Gasteiger partial charge in [0.2, 0.25) is 0 Å². The van der Waals surface area contributed by atoms with E-state index in [1.165, 1.54) is 0 Å². The van der Waals surface area contributed by atoms with Crippen LogP contribution in [0.5, 0.6) is 5.75 Å². The van der Waals surface area contributed by atoms with Gasteiger partial charge in [0.25, 0.3) is 0 Å². The van der Waals surface area contributed by atoms with Crippen molar-refractivity contribution < 1.29 is 26.7 Å². The van der Waals surface area contributed by atoms with Gasteiger partial charge in [0.15, 0.2) is 11.1 Å². The zero-order chi connectivity index (χ0) is 10.8. The van der Waals surface area contributed by atoms with E-state index in [1.807, 2.05) is 0 Å². The van der Waals surface area contributed by atoms with E-state index in [0.29, 0.717) is 0 Å². The summed E-state index contributed by atoms with van der Waals surface area (Å²) in [7, 11) is 0. The Morgan fingerprint density at radius 2 is 1.71 bits per heavy atom. The number of hydrogen-bond donors (Lipinski definition) is 1. The van der Waals surface area contributed by atoms with E-state index in [-0.39, 0.29) is 4.90 Å². The van der Waals surface area contributed by atoms with Gasteiger partial charge in [0, 0.05) is 0 Å². The summed E-state index contributed by atoms with van der Waals surface area (Å²) in [5, 5.41) is 0. The van der Waals surface area contributed by atoms with Crippen LogP contribution in [0.4, 0.5) is 13.2 Å². The van der Waals surface area contributed by atoms with Crippen molar-refractivity contribution in [3.05, 3.63) is 24.3 Å². The van der Waals surface area contributed by atoms with Crippen LogP contribution in [0.2, 0.25) is 0 Å². The average Bonchev–Trinajstić information content (AvgIpc) is 2.02. The van der Waals surface area contributed by atoms with Crippen LogP contribution in [0.25, 0.3) is 0 Å². The molecule has 1 rings (SSSR count). The molecular weight excluding hydrogens is 221 g/mol. The molecule has 0 spiro atoms. The SMILES string of the molecule is O=S(O)c1ccc(OC(F)(F)F)cc1. The summed E-state index contributed by atoms with van der Waals surface area (Å²) in [5.74, 6) is -0.424. The number of benzene rings is 1. The van der Waals surface area contributed by atoms with Gasteiger partial charge in [-0.15, -0.1) is 13.2 Å². The third kappa shape index (κ3) is 3.35. The van der Waals surface area contributed by atoms with E-state index in [2.05, 4.69) is 4.74 Å². The third-order valence-electron chi connectivity index (χ3n) is 1.26.